The highest BCUT2D eigenvalue weighted by atomic mass is 16.5. The minimum absolute atomic E-state index is 0.353. The van der Waals surface area contributed by atoms with Crippen molar-refractivity contribution in [2.75, 3.05) is 13.2 Å². The highest BCUT2D eigenvalue weighted by molar-refractivity contribution is 5.75. The number of nitrogens with two attached hydrogens (primary N) is 1. The van der Waals surface area contributed by atoms with Crippen LogP contribution >= 0.6 is 0 Å². The van der Waals surface area contributed by atoms with Crippen molar-refractivity contribution in [2.24, 2.45) is 5.73 Å². The Balaban J connectivity index is 2.34. The number of ether oxygens (including phenoxy) is 2. The van der Waals surface area contributed by atoms with Crippen LogP contribution in [-0.4, -0.2) is 25.2 Å². The minimum atomic E-state index is -0.612. The Morgan fingerprint density at radius 1 is 1.39 bits per heavy atom. The summed E-state index contributed by atoms with van der Waals surface area (Å²) >= 11 is 0. The molecule has 0 aromatic heterocycles. The predicted molar refractivity (Wildman–Crippen MR) is 70.5 cm³/mol. The summed E-state index contributed by atoms with van der Waals surface area (Å²) in [5.41, 5.74) is 6.89. The fourth-order valence-corrected chi connectivity index (χ4v) is 1.53. The van der Waals surface area contributed by atoms with Gasteiger partial charge in [-0.1, -0.05) is 19.1 Å². The van der Waals surface area contributed by atoms with Crippen molar-refractivity contribution < 1.29 is 14.3 Å². The van der Waals surface area contributed by atoms with Crippen LogP contribution in [0, 0.1) is 0 Å². The topological polar surface area (TPSA) is 61.5 Å². The average Bonchev–Trinajstić information content (AvgIpc) is 2.39. The third kappa shape index (κ3) is 4.75. The van der Waals surface area contributed by atoms with Crippen LogP contribution in [0.2, 0.25) is 0 Å². The lowest BCUT2D eigenvalue weighted by Gasteiger charge is -2.11. The molecule has 0 heterocycles. The number of carbonyl (C=O) groups excluding carboxylic acids is 1. The van der Waals surface area contributed by atoms with Gasteiger partial charge in [0, 0.05) is 6.42 Å². The number of benzene rings is 1. The fourth-order valence-electron chi connectivity index (χ4n) is 1.53. The van der Waals surface area contributed by atoms with Gasteiger partial charge in [-0.25, -0.2) is 0 Å². The second-order valence-corrected chi connectivity index (χ2v) is 4.00. The molecule has 0 saturated heterocycles. The van der Waals surface area contributed by atoms with Gasteiger partial charge in [-0.05, 0) is 31.0 Å². The molecule has 1 atom stereocenters. The lowest BCUT2D eigenvalue weighted by molar-refractivity contribution is -0.145. The molecular weight excluding hydrogens is 230 g/mol. The van der Waals surface area contributed by atoms with Gasteiger partial charge in [0.1, 0.15) is 11.8 Å². The van der Waals surface area contributed by atoms with E-state index in [1.165, 1.54) is 5.56 Å². The van der Waals surface area contributed by atoms with Crippen molar-refractivity contribution in [3.05, 3.63) is 29.8 Å². The molecule has 100 valence electrons. The van der Waals surface area contributed by atoms with E-state index in [1.807, 2.05) is 18.2 Å². The van der Waals surface area contributed by atoms with Gasteiger partial charge in [-0.2, -0.15) is 0 Å². The Morgan fingerprint density at radius 2 is 2.17 bits per heavy atom. The largest absolute Gasteiger partial charge is 0.494 e. The molecule has 0 radical (unpaired) electrons. The molecule has 0 amide bonds. The number of carbonyl (C=O) groups is 1. The predicted octanol–water partition coefficient (Wildman–Crippen LogP) is 1.91. The fraction of sp³-hybridized carbons (Fsp3) is 0.500. The summed E-state index contributed by atoms with van der Waals surface area (Å²) < 4.78 is 10.4. The smallest absolute Gasteiger partial charge is 0.323 e. The van der Waals surface area contributed by atoms with E-state index in [-0.39, 0.29) is 5.97 Å². The van der Waals surface area contributed by atoms with Gasteiger partial charge in [-0.3, -0.25) is 4.79 Å². The monoisotopic (exact) mass is 251 g/mol. The van der Waals surface area contributed by atoms with Crippen molar-refractivity contribution in [3.8, 4) is 5.75 Å². The Bertz CT molecular complexity index is 379. The number of aryl methyl sites for hydroxylation is 1. The Kier molecular flexibility index (Phi) is 6.22. The maximum absolute atomic E-state index is 11.3. The quantitative estimate of drug-likeness (QED) is 0.752. The van der Waals surface area contributed by atoms with Crippen LogP contribution < -0.4 is 10.5 Å². The highest BCUT2D eigenvalue weighted by Crippen LogP contribution is 2.14. The minimum Gasteiger partial charge on any atom is -0.494 e. The molecule has 0 fully saturated rings. The first-order valence-electron chi connectivity index (χ1n) is 6.31. The maximum atomic E-state index is 11.3. The van der Waals surface area contributed by atoms with Crippen LogP contribution in [-0.2, 0) is 16.0 Å². The number of hydrogen-bond donors (Lipinski definition) is 1. The zero-order valence-corrected chi connectivity index (χ0v) is 11.0. The summed E-state index contributed by atoms with van der Waals surface area (Å²) in [6.45, 7) is 4.62. The first kappa shape index (κ1) is 14.5. The van der Waals surface area contributed by atoms with Crippen LogP contribution in [0.25, 0.3) is 0 Å². The summed E-state index contributed by atoms with van der Waals surface area (Å²) in [5, 5.41) is 0. The molecule has 1 aromatic carbocycles. The van der Waals surface area contributed by atoms with Crippen molar-refractivity contribution in [1.29, 1.82) is 0 Å². The normalized spacial score (nSPS) is 11.9. The highest BCUT2D eigenvalue weighted by Gasteiger charge is 2.14. The van der Waals surface area contributed by atoms with E-state index in [1.54, 1.807) is 6.92 Å². The van der Waals surface area contributed by atoms with E-state index in [9.17, 15) is 4.79 Å². The van der Waals surface area contributed by atoms with Gasteiger partial charge < -0.3 is 15.2 Å². The van der Waals surface area contributed by atoms with Crippen molar-refractivity contribution >= 4 is 5.97 Å². The Morgan fingerprint density at radius 3 is 2.83 bits per heavy atom. The molecule has 0 spiro atoms. The first-order valence-corrected chi connectivity index (χ1v) is 6.31. The van der Waals surface area contributed by atoms with Gasteiger partial charge in [0.05, 0.1) is 13.2 Å². The SMILES string of the molecule is CCOC(=O)C(N)CCOc1cccc(CC)c1. The van der Waals surface area contributed by atoms with Crippen LogP contribution in [0.1, 0.15) is 25.8 Å². The average molecular weight is 251 g/mol. The lowest BCUT2D eigenvalue weighted by atomic mass is 10.2. The summed E-state index contributed by atoms with van der Waals surface area (Å²) in [4.78, 5) is 11.3. The molecule has 2 N–H and O–H groups in total. The second kappa shape index (κ2) is 7.71. The first-order chi connectivity index (χ1) is 8.67. The summed E-state index contributed by atoms with van der Waals surface area (Å²) in [6, 6.07) is 7.29. The van der Waals surface area contributed by atoms with E-state index >= 15 is 0 Å². The Hall–Kier alpha value is -1.55. The molecule has 18 heavy (non-hydrogen) atoms. The molecule has 4 nitrogen and oxygen atoms in total. The van der Waals surface area contributed by atoms with Crippen molar-refractivity contribution in [1.82, 2.24) is 0 Å². The summed E-state index contributed by atoms with van der Waals surface area (Å²) in [7, 11) is 0. The van der Waals surface area contributed by atoms with Crippen LogP contribution in [0.15, 0.2) is 24.3 Å². The molecule has 1 rings (SSSR count). The molecule has 0 bridgehead atoms. The second-order valence-electron chi connectivity index (χ2n) is 4.00. The number of hydrogen-bond acceptors (Lipinski definition) is 4. The molecule has 1 unspecified atom stereocenters. The van der Waals surface area contributed by atoms with Crippen LogP contribution in [0.5, 0.6) is 5.75 Å². The molecule has 4 heteroatoms. The molecule has 0 aliphatic heterocycles. The van der Waals surface area contributed by atoms with Crippen LogP contribution in [0.3, 0.4) is 0 Å². The summed E-state index contributed by atoms with van der Waals surface area (Å²) in [6.07, 6.45) is 1.43. The van der Waals surface area contributed by atoms with E-state index in [4.69, 9.17) is 15.2 Å². The van der Waals surface area contributed by atoms with Gasteiger partial charge >= 0.3 is 5.97 Å². The van der Waals surface area contributed by atoms with E-state index in [0.29, 0.717) is 19.6 Å². The van der Waals surface area contributed by atoms with Crippen molar-refractivity contribution in [3.63, 3.8) is 0 Å². The van der Waals surface area contributed by atoms with Gasteiger partial charge in [0.25, 0.3) is 0 Å². The third-order valence-electron chi connectivity index (χ3n) is 2.59. The number of esters is 1. The van der Waals surface area contributed by atoms with E-state index < -0.39 is 6.04 Å². The van der Waals surface area contributed by atoms with E-state index in [0.717, 1.165) is 12.2 Å². The lowest BCUT2D eigenvalue weighted by Crippen LogP contribution is -2.33. The van der Waals surface area contributed by atoms with Gasteiger partial charge in [0.15, 0.2) is 0 Å². The maximum Gasteiger partial charge on any atom is 0.323 e. The van der Waals surface area contributed by atoms with Crippen LogP contribution in [0.4, 0.5) is 0 Å². The third-order valence-corrected chi connectivity index (χ3v) is 2.59. The zero-order chi connectivity index (χ0) is 13.4. The number of rotatable bonds is 7. The molecule has 0 aliphatic rings. The van der Waals surface area contributed by atoms with Gasteiger partial charge in [0.2, 0.25) is 0 Å². The molecule has 1 aromatic rings. The molecule has 0 saturated carbocycles. The zero-order valence-electron chi connectivity index (χ0n) is 11.0. The standard InChI is InChI=1S/C14H21NO3/c1-3-11-6-5-7-12(10-11)18-9-8-13(15)14(16)17-4-2/h5-7,10,13H,3-4,8-9,15H2,1-2H3. The van der Waals surface area contributed by atoms with Gasteiger partial charge in [-0.15, -0.1) is 0 Å². The molecular formula is C14H21NO3. The van der Waals surface area contributed by atoms with E-state index in [2.05, 4.69) is 13.0 Å². The summed E-state index contributed by atoms with van der Waals surface area (Å²) in [5.74, 6) is 0.439. The van der Waals surface area contributed by atoms with Crippen molar-refractivity contribution in [2.45, 2.75) is 32.7 Å². The Labute approximate surface area is 108 Å². The molecule has 0 aliphatic carbocycles.